The Hall–Kier alpha value is -3.78. The highest BCUT2D eigenvalue weighted by Gasteiger charge is 2.90. The van der Waals surface area contributed by atoms with E-state index in [0.717, 1.165) is 0 Å². The van der Waals surface area contributed by atoms with E-state index in [0.29, 0.717) is 12.0 Å². The predicted molar refractivity (Wildman–Crippen MR) is 177 cm³/mol. The van der Waals surface area contributed by atoms with Crippen LogP contribution in [-0.4, -0.2) is 96.4 Å². The fourth-order valence-electron chi connectivity index (χ4n) is 12.3. The highest BCUT2D eigenvalue weighted by Crippen LogP contribution is 2.78. The van der Waals surface area contributed by atoms with Crippen LogP contribution in [0.4, 0.5) is 0 Å². The smallest absolute Gasteiger partial charge is 0.342 e. The molecule has 4 aliphatic carbocycles. The average Bonchev–Trinajstić information content (AvgIpc) is 3.82. The zero-order valence-electron chi connectivity index (χ0n) is 31.3. The minimum Gasteiger partial charge on any atom is -0.467 e. The summed E-state index contributed by atoms with van der Waals surface area (Å²) < 4.78 is 41.6. The van der Waals surface area contributed by atoms with Crippen LogP contribution < -0.4 is 0 Å². The normalized spacial score (nSPS) is 46.2. The first-order valence-electron chi connectivity index (χ1n) is 17.8. The van der Waals surface area contributed by atoms with Crippen LogP contribution in [0.15, 0.2) is 24.3 Å². The molecule has 0 bridgehead atoms. The molecule has 0 spiro atoms. The number of hydrogen-bond donors (Lipinski definition) is 1. The van der Waals surface area contributed by atoms with Gasteiger partial charge in [-0.25, -0.2) is 9.59 Å². The third-order valence-electron chi connectivity index (χ3n) is 14.0. The standard InChI is InChI=1S/C38H50O14/c1-18-15-37(45)26-13-14-33(7)25-11-12-27(43)47-17-36(25,19(2)48-20(3)39)16-24(49-21(4)40)28(33)34(26,8)30(50-22(5)41)31(51-23(6)42)35(37,9)38(29(18)52-38)32(44)46-10/h11-12,19,24-26,28-31,45H,1,13-17H2,2-10H3/t19-,24-,25+,26-,28+,29-,30-,31+,33+,34+,35-,36+,37-,38+/m1/s1. The molecule has 2 heterocycles. The summed E-state index contributed by atoms with van der Waals surface area (Å²) in [5.74, 6) is -6.10. The van der Waals surface area contributed by atoms with Gasteiger partial charge in [-0.05, 0) is 55.9 Å². The number of allylic oxidation sites excluding steroid dienone is 1. The summed E-state index contributed by atoms with van der Waals surface area (Å²) in [6.07, 6.45) is -1.68. The lowest BCUT2D eigenvalue weighted by Gasteiger charge is -2.74. The lowest BCUT2D eigenvalue weighted by Crippen LogP contribution is -2.83. The number of aliphatic hydroxyl groups is 1. The Morgan fingerprint density at radius 3 is 2.15 bits per heavy atom. The molecule has 0 unspecified atom stereocenters. The number of esters is 6. The minimum absolute atomic E-state index is 0.0432. The molecule has 1 saturated heterocycles. The van der Waals surface area contributed by atoms with Crippen LogP contribution in [0.1, 0.15) is 81.1 Å². The van der Waals surface area contributed by atoms with E-state index in [2.05, 4.69) is 6.58 Å². The number of cyclic esters (lactones) is 1. The number of carbonyl (C=O) groups is 6. The van der Waals surface area contributed by atoms with Crippen molar-refractivity contribution >= 4 is 35.8 Å². The molecule has 286 valence electrons. The molecule has 6 rings (SSSR count). The number of carbonyl (C=O) groups excluding carboxylic acids is 6. The van der Waals surface area contributed by atoms with Crippen molar-refractivity contribution in [2.75, 3.05) is 13.7 Å². The summed E-state index contributed by atoms with van der Waals surface area (Å²) >= 11 is 0. The molecule has 0 aromatic carbocycles. The van der Waals surface area contributed by atoms with Gasteiger partial charge in [-0.1, -0.05) is 26.5 Å². The van der Waals surface area contributed by atoms with Crippen LogP contribution in [0.3, 0.4) is 0 Å². The highest BCUT2D eigenvalue weighted by molar-refractivity contribution is 5.87. The quantitative estimate of drug-likeness (QED) is 0.182. The predicted octanol–water partition coefficient (Wildman–Crippen LogP) is 2.91. The van der Waals surface area contributed by atoms with Crippen molar-refractivity contribution in [2.24, 2.45) is 39.4 Å². The van der Waals surface area contributed by atoms with Crippen molar-refractivity contribution in [3.63, 3.8) is 0 Å². The Balaban J connectivity index is 1.65. The van der Waals surface area contributed by atoms with E-state index in [1.165, 1.54) is 40.9 Å². The largest absolute Gasteiger partial charge is 0.467 e. The lowest BCUT2D eigenvalue weighted by molar-refractivity contribution is -0.346. The van der Waals surface area contributed by atoms with E-state index in [1.807, 2.05) is 13.8 Å². The van der Waals surface area contributed by atoms with Crippen LogP contribution in [-0.2, 0) is 61.9 Å². The average molecular weight is 731 g/mol. The zero-order chi connectivity index (χ0) is 38.6. The van der Waals surface area contributed by atoms with Crippen molar-refractivity contribution in [1.29, 1.82) is 0 Å². The molecule has 4 saturated carbocycles. The number of methoxy groups -OCH3 is 1. The molecule has 14 heteroatoms. The van der Waals surface area contributed by atoms with Crippen LogP contribution >= 0.6 is 0 Å². The molecular weight excluding hydrogens is 680 g/mol. The molecule has 1 N–H and O–H groups in total. The monoisotopic (exact) mass is 730 g/mol. The zero-order valence-corrected chi connectivity index (χ0v) is 31.3. The number of ether oxygens (including phenoxy) is 7. The van der Waals surface area contributed by atoms with Gasteiger partial charge in [0.25, 0.3) is 0 Å². The number of hydrogen-bond acceptors (Lipinski definition) is 14. The van der Waals surface area contributed by atoms with Gasteiger partial charge < -0.3 is 38.3 Å². The van der Waals surface area contributed by atoms with Gasteiger partial charge in [0.05, 0.1) is 23.5 Å². The molecule has 0 radical (unpaired) electrons. The number of epoxide rings is 1. The van der Waals surface area contributed by atoms with E-state index >= 15 is 0 Å². The van der Waals surface area contributed by atoms with Crippen molar-refractivity contribution in [3.05, 3.63) is 24.3 Å². The maximum Gasteiger partial charge on any atom is 0.342 e. The molecule has 2 aliphatic heterocycles. The first-order valence-corrected chi connectivity index (χ1v) is 17.8. The molecule has 5 fully saturated rings. The van der Waals surface area contributed by atoms with Gasteiger partial charge in [0, 0.05) is 51.5 Å². The first-order chi connectivity index (χ1) is 24.1. The molecule has 0 amide bonds. The van der Waals surface area contributed by atoms with Gasteiger partial charge >= 0.3 is 35.8 Å². The molecule has 52 heavy (non-hydrogen) atoms. The van der Waals surface area contributed by atoms with E-state index < -0.39 is 117 Å². The van der Waals surface area contributed by atoms with Crippen LogP contribution in [0.2, 0.25) is 0 Å². The third kappa shape index (κ3) is 4.81. The van der Waals surface area contributed by atoms with Crippen molar-refractivity contribution in [3.8, 4) is 0 Å². The summed E-state index contributed by atoms with van der Waals surface area (Å²) in [5, 5.41) is 13.5. The Bertz CT molecular complexity index is 1650. The highest BCUT2D eigenvalue weighted by atomic mass is 16.7. The second-order valence-electron chi connectivity index (χ2n) is 16.5. The maximum atomic E-state index is 13.8. The topological polar surface area (TPSA) is 191 Å². The van der Waals surface area contributed by atoms with Crippen LogP contribution in [0.25, 0.3) is 0 Å². The van der Waals surface area contributed by atoms with Gasteiger partial charge in [-0.2, -0.15) is 0 Å². The molecule has 0 aromatic rings. The lowest BCUT2D eigenvalue weighted by atomic mass is 9.32. The van der Waals surface area contributed by atoms with E-state index in [1.54, 1.807) is 19.9 Å². The van der Waals surface area contributed by atoms with Crippen LogP contribution in [0, 0.1) is 39.4 Å². The number of fused-ring (bicyclic) bond motifs is 9. The molecule has 14 atom stereocenters. The Kier molecular flexibility index (Phi) is 8.85. The minimum atomic E-state index is -1.88. The van der Waals surface area contributed by atoms with Crippen molar-refractivity contribution in [2.45, 2.75) is 123 Å². The van der Waals surface area contributed by atoms with Crippen LogP contribution in [0.5, 0.6) is 0 Å². The summed E-state index contributed by atoms with van der Waals surface area (Å²) in [7, 11) is 1.20. The van der Waals surface area contributed by atoms with Crippen molar-refractivity contribution in [1.82, 2.24) is 0 Å². The van der Waals surface area contributed by atoms with Gasteiger partial charge in [-0.15, -0.1) is 0 Å². The summed E-state index contributed by atoms with van der Waals surface area (Å²) in [6.45, 7) is 16.2. The fourth-order valence-corrected chi connectivity index (χ4v) is 12.3. The van der Waals surface area contributed by atoms with Crippen molar-refractivity contribution < 1.29 is 67.0 Å². The Morgan fingerprint density at radius 2 is 1.58 bits per heavy atom. The van der Waals surface area contributed by atoms with E-state index in [9.17, 15) is 33.9 Å². The van der Waals surface area contributed by atoms with E-state index in [-0.39, 0.29) is 25.9 Å². The van der Waals surface area contributed by atoms with Gasteiger partial charge in [-0.3, -0.25) is 19.2 Å². The molecule has 14 nitrogen and oxygen atoms in total. The number of rotatable bonds is 6. The molecular formula is C38H50O14. The molecule has 6 aliphatic rings. The Morgan fingerprint density at radius 1 is 0.962 bits per heavy atom. The second-order valence-corrected chi connectivity index (χ2v) is 16.5. The maximum absolute atomic E-state index is 13.8. The fraction of sp³-hybridized carbons (Fsp3) is 0.737. The second kappa shape index (κ2) is 12.1. The third-order valence-corrected chi connectivity index (χ3v) is 14.0. The molecule has 0 aromatic heterocycles. The summed E-state index contributed by atoms with van der Waals surface area (Å²) in [4.78, 5) is 78.4. The Labute approximate surface area is 302 Å². The van der Waals surface area contributed by atoms with Gasteiger partial charge in [0.2, 0.25) is 5.60 Å². The van der Waals surface area contributed by atoms with Gasteiger partial charge in [0.15, 0.2) is 6.10 Å². The summed E-state index contributed by atoms with van der Waals surface area (Å²) in [5.41, 5.74) is -8.33. The SMILES string of the molecule is C=C1C[C@@]2(O)[C@@H]3CC[C@@]4(C)[C@@H]5C=CC(=O)OC[C@]5([C@@H](C)OC(C)=O)C[C@@H](OC(C)=O)[C@@H]4[C@@]3(C)[C@H](OC(C)=O)[C@H](OC(C)=O)[C@@]2(C)[C@]2(C(=O)OC)O[C@H]12. The van der Waals surface area contributed by atoms with E-state index in [4.69, 9.17) is 33.2 Å². The summed E-state index contributed by atoms with van der Waals surface area (Å²) in [6, 6.07) is 0. The van der Waals surface area contributed by atoms with Gasteiger partial charge in [0.1, 0.15) is 31.0 Å². The first kappa shape index (κ1) is 38.0.